The molecule has 0 aliphatic carbocycles. The van der Waals surface area contributed by atoms with E-state index < -0.39 is 0 Å². The minimum atomic E-state index is -0.0449. The third-order valence-electron chi connectivity index (χ3n) is 4.80. The highest BCUT2D eigenvalue weighted by Gasteiger charge is 2.29. The maximum atomic E-state index is 10.7. The number of nitrogens with zero attached hydrogens (tertiary/aromatic N) is 1. The summed E-state index contributed by atoms with van der Waals surface area (Å²) < 4.78 is 10.9. The second-order valence-corrected chi connectivity index (χ2v) is 7.05. The van der Waals surface area contributed by atoms with Crippen molar-refractivity contribution in [3.63, 3.8) is 0 Å². The number of hydrogen-bond donors (Lipinski definition) is 2. The summed E-state index contributed by atoms with van der Waals surface area (Å²) in [5.74, 6) is 1.85. The highest BCUT2D eigenvalue weighted by atomic mass is 16.5. The molecule has 2 aromatic rings. The maximum absolute atomic E-state index is 10.7. The molecule has 0 radical (unpaired) electrons. The number of aliphatic imine (C=N–C) groups is 1. The van der Waals surface area contributed by atoms with Gasteiger partial charge in [-0.05, 0) is 36.6 Å². The van der Waals surface area contributed by atoms with Gasteiger partial charge in [-0.1, -0.05) is 38.1 Å². The number of methoxy groups -OCH3 is 1. The summed E-state index contributed by atoms with van der Waals surface area (Å²) in [5.41, 5.74) is 2.89. The topological polar surface area (TPSA) is 63.1 Å². The molecule has 5 heteroatoms. The molecule has 2 unspecified atom stereocenters. The van der Waals surface area contributed by atoms with Crippen LogP contribution >= 0.6 is 0 Å². The van der Waals surface area contributed by atoms with E-state index in [2.05, 4.69) is 25.2 Å². The molecular formula is C22H28N2O3. The van der Waals surface area contributed by atoms with Gasteiger partial charge < -0.3 is 14.6 Å². The minimum Gasteiger partial charge on any atom is -0.504 e. The molecule has 27 heavy (non-hydrogen) atoms. The predicted molar refractivity (Wildman–Crippen MR) is 108 cm³/mol. The Hall–Kier alpha value is -2.53. The van der Waals surface area contributed by atoms with Crippen molar-refractivity contribution in [3.05, 3.63) is 53.6 Å². The zero-order chi connectivity index (χ0) is 19.4. The highest BCUT2D eigenvalue weighted by molar-refractivity contribution is 6.01. The van der Waals surface area contributed by atoms with Crippen LogP contribution in [-0.4, -0.2) is 30.7 Å². The lowest BCUT2D eigenvalue weighted by molar-refractivity contribution is 0.309. The third kappa shape index (κ3) is 4.25. The molecule has 0 fully saturated rings. The van der Waals surface area contributed by atoms with Crippen molar-refractivity contribution in [2.45, 2.75) is 39.4 Å². The smallest absolute Gasteiger partial charge is 0.162 e. The van der Waals surface area contributed by atoms with Crippen LogP contribution in [0.1, 0.15) is 44.4 Å². The van der Waals surface area contributed by atoms with E-state index in [0.717, 1.165) is 22.6 Å². The van der Waals surface area contributed by atoms with Crippen molar-refractivity contribution in [3.8, 4) is 17.2 Å². The van der Waals surface area contributed by atoms with Crippen LogP contribution in [0.2, 0.25) is 0 Å². The normalized spacial score (nSPS) is 19.7. The molecule has 0 amide bonds. The van der Waals surface area contributed by atoms with E-state index in [9.17, 15) is 5.11 Å². The van der Waals surface area contributed by atoms with Crippen LogP contribution in [0.25, 0.3) is 0 Å². The Labute approximate surface area is 161 Å². The first-order valence-electron chi connectivity index (χ1n) is 9.45. The first kappa shape index (κ1) is 19.2. The summed E-state index contributed by atoms with van der Waals surface area (Å²) in [6.07, 6.45) is 0.652. The van der Waals surface area contributed by atoms with Crippen LogP contribution < -0.4 is 14.8 Å². The van der Waals surface area contributed by atoms with Crippen LogP contribution in [0.4, 0.5) is 0 Å². The molecule has 0 bridgehead atoms. The molecule has 1 aliphatic heterocycles. The van der Waals surface area contributed by atoms with Gasteiger partial charge in [0.25, 0.3) is 0 Å². The predicted octanol–water partition coefficient (Wildman–Crippen LogP) is 4.31. The second-order valence-electron chi connectivity index (χ2n) is 7.05. The molecule has 3 rings (SSSR count). The Balaban J connectivity index is 1.97. The molecule has 144 valence electrons. The Bertz CT molecular complexity index is 817. The van der Waals surface area contributed by atoms with Gasteiger partial charge in [0.1, 0.15) is 11.9 Å². The van der Waals surface area contributed by atoms with Crippen molar-refractivity contribution in [1.29, 1.82) is 0 Å². The lowest BCUT2D eigenvalue weighted by Crippen LogP contribution is -2.41. The van der Waals surface area contributed by atoms with Crippen LogP contribution in [0.5, 0.6) is 17.2 Å². The Morgan fingerprint density at radius 2 is 2.00 bits per heavy atom. The van der Waals surface area contributed by atoms with Crippen LogP contribution in [0.3, 0.4) is 0 Å². The summed E-state index contributed by atoms with van der Waals surface area (Å²) in [6, 6.07) is 13.6. The van der Waals surface area contributed by atoms with E-state index in [4.69, 9.17) is 14.5 Å². The van der Waals surface area contributed by atoms with E-state index in [-0.39, 0.29) is 18.0 Å². The van der Waals surface area contributed by atoms with Gasteiger partial charge in [0.15, 0.2) is 11.5 Å². The highest BCUT2D eigenvalue weighted by Crippen LogP contribution is 2.37. The average Bonchev–Trinajstić information content (AvgIpc) is 2.69. The fourth-order valence-electron chi connectivity index (χ4n) is 3.34. The van der Waals surface area contributed by atoms with Crippen molar-refractivity contribution in [1.82, 2.24) is 5.32 Å². The van der Waals surface area contributed by atoms with Gasteiger partial charge in [0.05, 0.1) is 13.7 Å². The molecule has 0 spiro atoms. The first-order chi connectivity index (χ1) is 13.0. The lowest BCUT2D eigenvalue weighted by Gasteiger charge is -2.32. The number of phenols is 1. The van der Waals surface area contributed by atoms with E-state index in [0.29, 0.717) is 24.7 Å². The van der Waals surface area contributed by atoms with Gasteiger partial charge in [-0.15, -0.1) is 0 Å². The average molecular weight is 368 g/mol. The zero-order valence-electron chi connectivity index (χ0n) is 16.4. The van der Waals surface area contributed by atoms with Gasteiger partial charge in [-0.2, -0.15) is 0 Å². The van der Waals surface area contributed by atoms with Gasteiger partial charge in [-0.25, -0.2) is 0 Å². The molecule has 2 N–H and O–H groups in total. The molecule has 2 aromatic carbocycles. The van der Waals surface area contributed by atoms with E-state index in [1.165, 1.54) is 0 Å². The number of nitrogens with one attached hydrogen (secondary N) is 1. The molecule has 0 saturated carbocycles. The van der Waals surface area contributed by atoms with Gasteiger partial charge in [0, 0.05) is 23.7 Å². The van der Waals surface area contributed by atoms with E-state index in [1.54, 1.807) is 13.2 Å². The number of benzene rings is 2. The van der Waals surface area contributed by atoms with Gasteiger partial charge >= 0.3 is 0 Å². The number of hydrogen-bond acceptors (Lipinski definition) is 5. The number of rotatable bonds is 6. The summed E-state index contributed by atoms with van der Waals surface area (Å²) in [4.78, 5) is 4.93. The van der Waals surface area contributed by atoms with Gasteiger partial charge in [0.2, 0.25) is 0 Å². The SMILES string of the molecule is CCOc1cccc(C2CC(c3cccc(OC)c3)=NC(C(C)C)N2)c1O. The summed E-state index contributed by atoms with van der Waals surface area (Å²) in [5, 5.41) is 14.3. The summed E-state index contributed by atoms with van der Waals surface area (Å²) in [7, 11) is 1.67. The standard InChI is InChI=1S/C22H28N2O3/c1-5-27-20-11-7-10-17(21(20)25)19-13-18(23-22(24-19)14(2)3)15-8-6-9-16(12-15)26-4/h6-12,14,19,22,24-25H,5,13H2,1-4H3. The fourth-order valence-corrected chi connectivity index (χ4v) is 3.34. The van der Waals surface area contributed by atoms with Crippen LogP contribution in [0.15, 0.2) is 47.5 Å². The molecule has 1 aliphatic rings. The number of ether oxygens (including phenoxy) is 2. The lowest BCUT2D eigenvalue weighted by atomic mass is 9.92. The Morgan fingerprint density at radius 3 is 2.70 bits per heavy atom. The molecule has 1 heterocycles. The minimum absolute atomic E-state index is 0.0277. The monoisotopic (exact) mass is 368 g/mol. The Morgan fingerprint density at radius 1 is 1.22 bits per heavy atom. The molecular weight excluding hydrogens is 340 g/mol. The van der Waals surface area contributed by atoms with E-state index in [1.807, 2.05) is 37.3 Å². The second kappa shape index (κ2) is 8.44. The largest absolute Gasteiger partial charge is 0.504 e. The van der Waals surface area contributed by atoms with Crippen LogP contribution in [-0.2, 0) is 0 Å². The third-order valence-corrected chi connectivity index (χ3v) is 4.80. The number of phenolic OH excluding ortho intramolecular Hbond substituents is 1. The summed E-state index contributed by atoms with van der Waals surface area (Å²) in [6.45, 7) is 6.71. The quantitative estimate of drug-likeness (QED) is 0.798. The maximum Gasteiger partial charge on any atom is 0.162 e. The fraction of sp³-hybridized carbons (Fsp3) is 0.409. The zero-order valence-corrected chi connectivity index (χ0v) is 16.4. The summed E-state index contributed by atoms with van der Waals surface area (Å²) >= 11 is 0. The van der Waals surface area contributed by atoms with Crippen molar-refractivity contribution < 1.29 is 14.6 Å². The molecule has 0 saturated heterocycles. The van der Waals surface area contributed by atoms with Crippen LogP contribution in [0, 0.1) is 5.92 Å². The van der Waals surface area contributed by atoms with E-state index >= 15 is 0 Å². The first-order valence-corrected chi connectivity index (χ1v) is 9.45. The van der Waals surface area contributed by atoms with Crippen molar-refractivity contribution in [2.24, 2.45) is 10.9 Å². The Kier molecular flexibility index (Phi) is 6.01. The molecule has 0 aromatic heterocycles. The van der Waals surface area contributed by atoms with Crippen molar-refractivity contribution >= 4 is 5.71 Å². The number of para-hydroxylation sites is 1. The van der Waals surface area contributed by atoms with Gasteiger partial charge in [-0.3, -0.25) is 10.3 Å². The molecule has 2 atom stereocenters. The molecule has 5 nitrogen and oxygen atoms in total. The number of aromatic hydroxyl groups is 1. The van der Waals surface area contributed by atoms with Crippen molar-refractivity contribution in [2.75, 3.05) is 13.7 Å².